The summed E-state index contributed by atoms with van der Waals surface area (Å²) in [5.41, 5.74) is 2.13. The van der Waals surface area contributed by atoms with Gasteiger partial charge in [0.1, 0.15) is 22.0 Å². The lowest BCUT2D eigenvalue weighted by atomic mass is 10.1. The molecule has 3 aromatic rings. The molecule has 9 heteroatoms. The highest BCUT2D eigenvalue weighted by Crippen LogP contribution is 2.28. The van der Waals surface area contributed by atoms with Crippen LogP contribution in [0.5, 0.6) is 0 Å². The van der Waals surface area contributed by atoms with Crippen molar-refractivity contribution in [2.75, 3.05) is 36.8 Å². The van der Waals surface area contributed by atoms with Crippen molar-refractivity contribution in [1.82, 2.24) is 25.2 Å². The summed E-state index contributed by atoms with van der Waals surface area (Å²) >= 11 is 1.54. The van der Waals surface area contributed by atoms with Gasteiger partial charge >= 0.3 is 0 Å². The Hall–Kier alpha value is -2.33. The quantitative estimate of drug-likeness (QED) is 0.540. The van der Waals surface area contributed by atoms with Crippen molar-refractivity contribution < 1.29 is 4.74 Å². The van der Waals surface area contributed by atoms with Crippen LogP contribution in [0.4, 0.5) is 16.8 Å². The number of pyridine rings is 2. The first-order valence-electron chi connectivity index (χ1n) is 11.0. The van der Waals surface area contributed by atoms with Crippen LogP contribution in [0.15, 0.2) is 30.5 Å². The van der Waals surface area contributed by atoms with E-state index in [1.165, 1.54) is 5.56 Å². The van der Waals surface area contributed by atoms with Gasteiger partial charge in [0.05, 0.1) is 12.2 Å². The van der Waals surface area contributed by atoms with Crippen LogP contribution < -0.4 is 16.0 Å². The fraction of sp³-hybridized carbons (Fsp3) is 0.500. The van der Waals surface area contributed by atoms with Gasteiger partial charge in [0.25, 0.3) is 0 Å². The van der Waals surface area contributed by atoms with Gasteiger partial charge < -0.3 is 20.7 Å². The van der Waals surface area contributed by atoms with Crippen LogP contribution in [0.25, 0.3) is 10.3 Å². The summed E-state index contributed by atoms with van der Waals surface area (Å²) < 4.78 is 5.90. The molecule has 2 aliphatic rings. The standard InChI is InChI=1S/C22H29N7OS/c1-14-11-29(12-15(2)30-14)13-16-8-19(25-17-5-7-23-10-17)27-20(9-16)28-22-26-18-4-3-6-24-21(18)31-22/h3-4,6,8-9,14-15,17,23H,5,7,10-13H2,1-2H3,(H2,25,26,27,28)/t14-,15+,17-/m0/s1. The smallest absolute Gasteiger partial charge is 0.190 e. The lowest BCUT2D eigenvalue weighted by Crippen LogP contribution is -2.44. The first kappa shape index (κ1) is 20.6. The first-order valence-corrected chi connectivity index (χ1v) is 11.8. The zero-order valence-electron chi connectivity index (χ0n) is 18.0. The number of hydrogen-bond acceptors (Lipinski definition) is 9. The van der Waals surface area contributed by atoms with Gasteiger partial charge in [-0.2, -0.15) is 0 Å². The Balaban J connectivity index is 1.39. The normalized spacial score (nSPS) is 24.5. The van der Waals surface area contributed by atoms with Crippen LogP contribution in [0, 0.1) is 0 Å². The van der Waals surface area contributed by atoms with Crippen LogP contribution in [0.3, 0.4) is 0 Å². The zero-order chi connectivity index (χ0) is 21.2. The van der Waals surface area contributed by atoms with Gasteiger partial charge in [-0.3, -0.25) is 4.90 Å². The van der Waals surface area contributed by atoms with Crippen LogP contribution in [-0.4, -0.2) is 64.3 Å². The number of ether oxygens (including phenoxy) is 1. The van der Waals surface area contributed by atoms with Crippen molar-refractivity contribution in [1.29, 1.82) is 0 Å². The second kappa shape index (κ2) is 9.04. The minimum atomic E-state index is 0.251. The molecule has 3 atom stereocenters. The third-order valence-corrected chi connectivity index (χ3v) is 6.49. The molecule has 164 valence electrons. The molecule has 2 fully saturated rings. The lowest BCUT2D eigenvalue weighted by Gasteiger charge is -2.35. The fourth-order valence-electron chi connectivity index (χ4n) is 4.41. The van der Waals surface area contributed by atoms with Crippen LogP contribution in [-0.2, 0) is 11.3 Å². The van der Waals surface area contributed by atoms with E-state index in [1.54, 1.807) is 17.5 Å². The van der Waals surface area contributed by atoms with E-state index in [-0.39, 0.29) is 12.2 Å². The number of thiazole rings is 1. The molecular weight excluding hydrogens is 410 g/mol. The van der Waals surface area contributed by atoms with E-state index in [0.29, 0.717) is 6.04 Å². The van der Waals surface area contributed by atoms with Gasteiger partial charge in [-0.25, -0.2) is 15.0 Å². The van der Waals surface area contributed by atoms with E-state index in [2.05, 4.69) is 56.8 Å². The summed E-state index contributed by atoms with van der Waals surface area (Å²) in [5.74, 6) is 1.71. The van der Waals surface area contributed by atoms with Crippen molar-refractivity contribution in [3.8, 4) is 0 Å². The van der Waals surface area contributed by atoms with Crippen LogP contribution >= 0.6 is 11.3 Å². The van der Waals surface area contributed by atoms with E-state index >= 15 is 0 Å². The molecule has 5 heterocycles. The van der Waals surface area contributed by atoms with E-state index in [9.17, 15) is 0 Å². The number of hydrogen-bond donors (Lipinski definition) is 3. The van der Waals surface area contributed by atoms with Crippen molar-refractivity contribution in [2.45, 2.75) is 45.1 Å². The third kappa shape index (κ3) is 5.12. The summed E-state index contributed by atoms with van der Waals surface area (Å²) in [6.45, 7) is 9.05. The van der Waals surface area contributed by atoms with E-state index < -0.39 is 0 Å². The molecule has 2 aliphatic heterocycles. The van der Waals surface area contributed by atoms with Gasteiger partial charge in [-0.15, -0.1) is 0 Å². The minimum Gasteiger partial charge on any atom is -0.373 e. The second-order valence-corrected chi connectivity index (χ2v) is 9.48. The topological polar surface area (TPSA) is 87.2 Å². The molecular formula is C22H29N7OS. The third-order valence-electron chi connectivity index (χ3n) is 5.60. The molecule has 8 nitrogen and oxygen atoms in total. The number of rotatable bonds is 6. The number of nitrogens with zero attached hydrogens (tertiary/aromatic N) is 4. The van der Waals surface area contributed by atoms with Gasteiger partial charge in [0.2, 0.25) is 0 Å². The van der Waals surface area contributed by atoms with Gasteiger partial charge in [0.15, 0.2) is 5.13 Å². The molecule has 0 bridgehead atoms. The lowest BCUT2D eigenvalue weighted by molar-refractivity contribution is -0.0704. The number of nitrogens with one attached hydrogen (secondary N) is 3. The molecule has 0 amide bonds. The summed E-state index contributed by atoms with van der Waals surface area (Å²) in [7, 11) is 0. The predicted molar refractivity (Wildman–Crippen MR) is 125 cm³/mol. The average Bonchev–Trinajstić information content (AvgIpc) is 3.36. The zero-order valence-corrected chi connectivity index (χ0v) is 18.8. The summed E-state index contributed by atoms with van der Waals surface area (Å²) in [6.07, 6.45) is 3.41. The molecule has 0 aromatic carbocycles. The maximum absolute atomic E-state index is 5.90. The molecule has 0 saturated carbocycles. The summed E-state index contributed by atoms with van der Waals surface area (Å²) in [4.78, 5) is 17.3. The summed E-state index contributed by atoms with van der Waals surface area (Å²) in [5, 5.41) is 11.2. The van der Waals surface area contributed by atoms with Crippen molar-refractivity contribution in [3.05, 3.63) is 36.0 Å². The molecule has 2 saturated heterocycles. The molecule has 5 rings (SSSR count). The largest absolute Gasteiger partial charge is 0.373 e. The fourth-order valence-corrected chi connectivity index (χ4v) is 5.22. The number of fused-ring (bicyclic) bond motifs is 1. The summed E-state index contributed by atoms with van der Waals surface area (Å²) in [6, 6.07) is 8.60. The molecule has 0 unspecified atom stereocenters. The van der Waals surface area contributed by atoms with Gasteiger partial charge in [-0.1, -0.05) is 11.3 Å². The Bertz CT molecular complexity index is 993. The SMILES string of the molecule is C[C@@H]1CN(Cc2cc(Nc3nc4cccnc4s3)nc(N[C@H]3CCNC3)c2)C[C@H](C)O1. The molecule has 0 radical (unpaired) electrons. The van der Waals surface area contributed by atoms with Crippen molar-refractivity contribution >= 4 is 38.5 Å². The molecule has 3 N–H and O–H groups in total. The number of morpholine rings is 1. The van der Waals surface area contributed by atoms with Crippen molar-refractivity contribution in [2.24, 2.45) is 0 Å². The average molecular weight is 440 g/mol. The molecule has 31 heavy (non-hydrogen) atoms. The Morgan fingerprint density at radius 3 is 2.81 bits per heavy atom. The molecule has 0 aliphatic carbocycles. The van der Waals surface area contributed by atoms with E-state index in [0.717, 1.165) is 66.3 Å². The maximum Gasteiger partial charge on any atom is 0.190 e. The highest BCUT2D eigenvalue weighted by atomic mass is 32.1. The minimum absolute atomic E-state index is 0.251. The Kier molecular flexibility index (Phi) is 5.99. The van der Waals surface area contributed by atoms with E-state index in [4.69, 9.17) is 9.72 Å². The second-order valence-electron chi connectivity index (χ2n) is 8.50. The predicted octanol–water partition coefficient (Wildman–Crippen LogP) is 3.21. The molecule has 0 spiro atoms. The van der Waals surface area contributed by atoms with Gasteiger partial charge in [-0.05, 0) is 56.6 Å². The van der Waals surface area contributed by atoms with Crippen LogP contribution in [0.2, 0.25) is 0 Å². The highest BCUT2D eigenvalue weighted by Gasteiger charge is 2.23. The van der Waals surface area contributed by atoms with E-state index in [1.807, 2.05) is 12.1 Å². The Morgan fingerprint density at radius 2 is 2.03 bits per heavy atom. The van der Waals surface area contributed by atoms with Crippen LogP contribution in [0.1, 0.15) is 25.8 Å². The monoisotopic (exact) mass is 439 g/mol. The first-order chi connectivity index (χ1) is 15.1. The van der Waals surface area contributed by atoms with Crippen molar-refractivity contribution in [3.63, 3.8) is 0 Å². The number of anilines is 3. The number of aromatic nitrogens is 3. The highest BCUT2D eigenvalue weighted by molar-refractivity contribution is 7.21. The Labute approximate surface area is 186 Å². The Morgan fingerprint density at radius 1 is 1.19 bits per heavy atom. The maximum atomic E-state index is 5.90. The molecule has 3 aromatic heterocycles. The van der Waals surface area contributed by atoms with Gasteiger partial charge in [0, 0.05) is 38.4 Å².